The third-order valence-corrected chi connectivity index (χ3v) is 7.14. The van der Waals surface area contributed by atoms with E-state index in [0.717, 1.165) is 39.9 Å². The molecule has 1 aliphatic carbocycles. The van der Waals surface area contributed by atoms with Crippen LogP contribution in [0.5, 0.6) is 11.5 Å². The van der Waals surface area contributed by atoms with Gasteiger partial charge in [0.15, 0.2) is 0 Å². The predicted octanol–water partition coefficient (Wildman–Crippen LogP) is 6.36. The van der Waals surface area contributed by atoms with E-state index in [2.05, 4.69) is 32.0 Å². The molecule has 2 aromatic carbocycles. The summed E-state index contributed by atoms with van der Waals surface area (Å²) < 4.78 is 7.29. The topological polar surface area (TPSA) is 88.2 Å². The van der Waals surface area contributed by atoms with Crippen LogP contribution in [0.25, 0.3) is 16.2 Å². The van der Waals surface area contributed by atoms with Crippen LogP contribution in [0.3, 0.4) is 0 Å². The Kier molecular flexibility index (Phi) is 5.75. The minimum Gasteiger partial charge on any atom is -0.455 e. The molecular formula is C26H22ClN5O2S. The molecule has 0 atom stereocenters. The Morgan fingerprint density at radius 3 is 2.91 bits per heavy atom. The van der Waals surface area contributed by atoms with E-state index in [-0.39, 0.29) is 5.91 Å². The molecule has 0 radical (unpaired) electrons. The fourth-order valence-corrected chi connectivity index (χ4v) is 5.01. The van der Waals surface area contributed by atoms with Crippen molar-refractivity contribution in [3.8, 4) is 11.5 Å². The number of rotatable bonds is 6. The molecule has 3 heterocycles. The summed E-state index contributed by atoms with van der Waals surface area (Å²) in [7, 11) is 0. The monoisotopic (exact) mass is 503 g/mol. The highest BCUT2D eigenvalue weighted by Gasteiger charge is 2.26. The maximum absolute atomic E-state index is 12.7. The minimum absolute atomic E-state index is 0.0258. The molecule has 9 heteroatoms. The van der Waals surface area contributed by atoms with Crippen LogP contribution in [0, 0.1) is 0 Å². The van der Waals surface area contributed by atoms with Crippen molar-refractivity contribution in [2.75, 3.05) is 17.2 Å². The molecule has 2 aromatic heterocycles. The molecule has 7 nitrogen and oxygen atoms in total. The van der Waals surface area contributed by atoms with Gasteiger partial charge in [-0.15, -0.1) is 11.3 Å². The predicted molar refractivity (Wildman–Crippen MR) is 141 cm³/mol. The van der Waals surface area contributed by atoms with E-state index >= 15 is 0 Å². The lowest BCUT2D eigenvalue weighted by Gasteiger charge is -2.13. The molecule has 35 heavy (non-hydrogen) atoms. The molecule has 0 saturated heterocycles. The quantitative estimate of drug-likeness (QED) is 0.284. The largest absolute Gasteiger partial charge is 0.455 e. The first-order chi connectivity index (χ1) is 17.1. The highest BCUT2D eigenvalue weighted by atomic mass is 35.5. The lowest BCUT2D eigenvalue weighted by molar-refractivity contribution is -0.117. The zero-order valence-corrected chi connectivity index (χ0v) is 20.2. The number of nitrogens with zero attached hydrogens (tertiary/aromatic N) is 2. The average Bonchev–Trinajstić information content (AvgIpc) is 3.58. The number of thiophene rings is 1. The normalized spacial score (nSPS) is 14.9. The third-order valence-electron chi connectivity index (χ3n) is 5.96. The molecular weight excluding hydrogens is 482 g/mol. The Morgan fingerprint density at radius 2 is 2.06 bits per heavy atom. The van der Waals surface area contributed by atoms with Crippen LogP contribution >= 0.6 is 22.9 Å². The second-order valence-corrected chi connectivity index (χ2v) is 9.89. The molecule has 4 aromatic rings. The highest BCUT2D eigenvalue weighted by molar-refractivity contribution is 7.17. The number of hydrogen-bond acceptors (Lipinski definition) is 7. The van der Waals surface area contributed by atoms with Crippen molar-refractivity contribution >= 4 is 62.3 Å². The standard InChI is InChI=1S/C26H22ClN5O2S/c27-20-13-17(6-7-22(20)34-21-2-1-3-23-18(21)9-11-35-23)31-25-19-12-15(26(33)32-16-4-5-16)8-10-28-24(19)29-14-30-25/h1-3,6-7,9,11-14,16H,4-5,8,10H2,(H,32,33)(H2,28,29,30,31). The van der Waals surface area contributed by atoms with Crippen LogP contribution < -0.4 is 20.7 Å². The van der Waals surface area contributed by atoms with Crippen LogP contribution in [0.15, 0.2) is 59.7 Å². The van der Waals surface area contributed by atoms with Crippen molar-refractivity contribution in [2.45, 2.75) is 25.3 Å². The zero-order chi connectivity index (χ0) is 23.8. The number of hydrogen-bond donors (Lipinski definition) is 3. The van der Waals surface area contributed by atoms with Gasteiger partial charge in [-0.1, -0.05) is 17.7 Å². The van der Waals surface area contributed by atoms with E-state index < -0.39 is 0 Å². The number of anilines is 3. The zero-order valence-electron chi connectivity index (χ0n) is 18.7. The van der Waals surface area contributed by atoms with Crippen LogP contribution in [-0.4, -0.2) is 28.5 Å². The van der Waals surface area contributed by atoms with Crippen LogP contribution in [0.4, 0.5) is 17.3 Å². The summed E-state index contributed by atoms with van der Waals surface area (Å²) in [5, 5.41) is 13.3. The number of amides is 1. The van der Waals surface area contributed by atoms with Crippen molar-refractivity contribution in [3.63, 3.8) is 0 Å². The average molecular weight is 504 g/mol. The number of halogens is 1. The Labute approximate surface area is 211 Å². The van der Waals surface area contributed by atoms with Gasteiger partial charge in [-0.3, -0.25) is 4.79 Å². The smallest absolute Gasteiger partial charge is 0.247 e. The Hall–Kier alpha value is -3.62. The van der Waals surface area contributed by atoms with Gasteiger partial charge >= 0.3 is 0 Å². The van der Waals surface area contributed by atoms with Crippen molar-refractivity contribution in [1.29, 1.82) is 0 Å². The van der Waals surface area contributed by atoms with E-state index in [1.807, 2.05) is 41.8 Å². The minimum atomic E-state index is -0.0258. The van der Waals surface area contributed by atoms with E-state index in [1.54, 1.807) is 17.4 Å². The summed E-state index contributed by atoms with van der Waals surface area (Å²) in [6.07, 6.45) is 6.08. The summed E-state index contributed by atoms with van der Waals surface area (Å²) in [5.41, 5.74) is 2.20. The first-order valence-corrected chi connectivity index (χ1v) is 12.7. The molecule has 2 aliphatic rings. The number of nitrogens with one attached hydrogen (secondary N) is 3. The van der Waals surface area contributed by atoms with Crippen molar-refractivity contribution in [2.24, 2.45) is 0 Å². The van der Waals surface area contributed by atoms with Crippen molar-refractivity contribution in [1.82, 2.24) is 15.3 Å². The van der Waals surface area contributed by atoms with Crippen molar-refractivity contribution in [3.05, 3.63) is 70.3 Å². The van der Waals surface area contributed by atoms with Gasteiger partial charge in [0.05, 0.1) is 10.6 Å². The lowest BCUT2D eigenvalue weighted by Crippen LogP contribution is -2.27. The van der Waals surface area contributed by atoms with Crippen LogP contribution in [-0.2, 0) is 4.79 Å². The number of benzene rings is 2. The summed E-state index contributed by atoms with van der Waals surface area (Å²) in [5.74, 6) is 2.58. The number of aromatic nitrogens is 2. The van der Waals surface area contributed by atoms with Gasteiger partial charge in [0.1, 0.15) is 29.5 Å². The maximum atomic E-state index is 12.7. The first kappa shape index (κ1) is 21.9. The lowest BCUT2D eigenvalue weighted by atomic mass is 10.1. The molecule has 1 saturated carbocycles. The number of ether oxygens (including phenoxy) is 1. The molecule has 176 valence electrons. The van der Waals surface area contributed by atoms with E-state index in [4.69, 9.17) is 16.3 Å². The molecule has 6 rings (SSSR count). The summed E-state index contributed by atoms with van der Waals surface area (Å²) in [6.45, 7) is 0.627. The molecule has 1 fully saturated rings. The van der Waals surface area contributed by atoms with Crippen LogP contribution in [0.2, 0.25) is 5.02 Å². The number of carbonyl (C=O) groups excluding carboxylic acids is 1. The Balaban J connectivity index is 1.26. The third kappa shape index (κ3) is 4.67. The SMILES string of the molecule is O=C(NC1CC1)C1=Cc2c(ncnc2Nc2ccc(Oc3cccc4sccc34)c(Cl)c2)NCC1. The molecule has 1 amide bonds. The van der Waals surface area contributed by atoms with Gasteiger partial charge in [-0.05, 0) is 67.1 Å². The Morgan fingerprint density at radius 1 is 1.14 bits per heavy atom. The first-order valence-electron chi connectivity index (χ1n) is 11.4. The molecule has 0 unspecified atom stereocenters. The maximum Gasteiger partial charge on any atom is 0.247 e. The number of carbonyl (C=O) groups is 1. The molecule has 0 bridgehead atoms. The van der Waals surface area contributed by atoms with Gasteiger partial charge < -0.3 is 20.7 Å². The second kappa shape index (κ2) is 9.20. The fraction of sp³-hybridized carbons (Fsp3) is 0.192. The van der Waals surface area contributed by atoms with E-state index in [0.29, 0.717) is 47.0 Å². The molecule has 1 aliphatic heterocycles. The van der Waals surface area contributed by atoms with E-state index in [1.165, 1.54) is 6.33 Å². The fourth-order valence-electron chi connectivity index (χ4n) is 3.99. The van der Waals surface area contributed by atoms with Gasteiger partial charge in [-0.25, -0.2) is 9.97 Å². The highest BCUT2D eigenvalue weighted by Crippen LogP contribution is 2.37. The van der Waals surface area contributed by atoms with Crippen molar-refractivity contribution < 1.29 is 9.53 Å². The van der Waals surface area contributed by atoms with Crippen LogP contribution in [0.1, 0.15) is 24.8 Å². The molecule has 0 spiro atoms. The van der Waals surface area contributed by atoms with Gasteiger partial charge in [0.2, 0.25) is 5.91 Å². The van der Waals surface area contributed by atoms with Gasteiger partial charge in [0.25, 0.3) is 0 Å². The Bertz CT molecular complexity index is 1460. The number of fused-ring (bicyclic) bond motifs is 2. The summed E-state index contributed by atoms with van der Waals surface area (Å²) in [4.78, 5) is 21.5. The summed E-state index contributed by atoms with van der Waals surface area (Å²) >= 11 is 8.26. The van der Waals surface area contributed by atoms with Gasteiger partial charge in [-0.2, -0.15) is 0 Å². The molecule has 3 N–H and O–H groups in total. The van der Waals surface area contributed by atoms with Gasteiger partial charge in [0, 0.05) is 33.9 Å². The second-order valence-electron chi connectivity index (χ2n) is 8.54. The summed E-state index contributed by atoms with van der Waals surface area (Å²) in [6, 6.07) is 13.8. The van der Waals surface area contributed by atoms with E-state index in [9.17, 15) is 4.79 Å².